The lowest BCUT2D eigenvalue weighted by Gasteiger charge is -2.24. The summed E-state index contributed by atoms with van der Waals surface area (Å²) in [5.74, 6) is -0.170. The number of nitrogens with one attached hydrogen (secondary N) is 1. The summed E-state index contributed by atoms with van der Waals surface area (Å²) in [5.41, 5.74) is 1.03. The topological polar surface area (TPSA) is 66.5 Å². The maximum absolute atomic E-state index is 13.2. The summed E-state index contributed by atoms with van der Waals surface area (Å²) in [6.07, 6.45) is 8.04. The van der Waals surface area contributed by atoms with Crippen LogP contribution in [0.2, 0.25) is 0 Å². The number of aryl methyl sites for hydroxylation is 1. The highest BCUT2D eigenvalue weighted by molar-refractivity contribution is 7.89. The van der Waals surface area contributed by atoms with Gasteiger partial charge in [0.05, 0.1) is 10.8 Å². The van der Waals surface area contributed by atoms with E-state index in [0.717, 1.165) is 31.2 Å². The zero-order valence-corrected chi connectivity index (χ0v) is 17.3. The van der Waals surface area contributed by atoms with Crippen molar-refractivity contribution in [3.05, 3.63) is 29.8 Å². The van der Waals surface area contributed by atoms with Gasteiger partial charge in [0.1, 0.15) is 0 Å². The Morgan fingerprint density at radius 3 is 2.44 bits per heavy atom. The molecule has 1 N–H and O–H groups in total. The van der Waals surface area contributed by atoms with E-state index in [-0.39, 0.29) is 23.9 Å². The van der Waals surface area contributed by atoms with Gasteiger partial charge < -0.3 is 5.32 Å². The van der Waals surface area contributed by atoms with Gasteiger partial charge in [0, 0.05) is 18.6 Å². The van der Waals surface area contributed by atoms with Crippen LogP contribution in [0.1, 0.15) is 63.9 Å². The monoisotopic (exact) mass is 392 g/mol. The molecule has 2 saturated carbocycles. The third-order valence-corrected chi connectivity index (χ3v) is 7.71. The zero-order valence-electron chi connectivity index (χ0n) is 16.5. The second kappa shape index (κ2) is 8.74. The smallest absolute Gasteiger partial charge is 0.243 e. The van der Waals surface area contributed by atoms with Crippen LogP contribution in [0.4, 0.5) is 0 Å². The molecule has 0 aliphatic heterocycles. The van der Waals surface area contributed by atoms with Crippen molar-refractivity contribution >= 4 is 15.9 Å². The summed E-state index contributed by atoms with van der Waals surface area (Å²) in [6.45, 7) is 4.47. The number of carbonyl (C=O) groups is 1. The molecule has 1 aromatic carbocycles. The molecule has 0 unspecified atom stereocenters. The predicted molar refractivity (Wildman–Crippen MR) is 107 cm³/mol. The standard InChI is InChI=1S/C21H32N2O3S/c1-3-4-14-23(27(25,26)18-12-10-16(2)11-13-18)20-15-19(20)21(24)22-17-8-6-5-7-9-17/h10-13,17,19-20H,3-9,14-15H2,1-2H3,(H,22,24)/t19-,20-/m1/s1. The van der Waals surface area contributed by atoms with E-state index in [9.17, 15) is 13.2 Å². The lowest BCUT2D eigenvalue weighted by Crippen LogP contribution is -2.40. The van der Waals surface area contributed by atoms with Gasteiger partial charge in [0.2, 0.25) is 15.9 Å². The Morgan fingerprint density at radius 2 is 1.81 bits per heavy atom. The molecule has 150 valence electrons. The highest BCUT2D eigenvalue weighted by atomic mass is 32.2. The molecule has 1 amide bonds. The number of unbranched alkanes of at least 4 members (excludes halogenated alkanes) is 1. The van der Waals surface area contributed by atoms with Gasteiger partial charge in [-0.3, -0.25) is 4.79 Å². The molecule has 2 aliphatic rings. The Labute approximate surface area is 163 Å². The molecule has 0 spiro atoms. The maximum atomic E-state index is 13.2. The van der Waals surface area contributed by atoms with Crippen LogP contribution in [0.15, 0.2) is 29.2 Å². The van der Waals surface area contributed by atoms with Crippen molar-refractivity contribution in [3.8, 4) is 0 Å². The number of amides is 1. The quantitative estimate of drug-likeness (QED) is 0.735. The molecule has 1 aromatic rings. The number of hydrogen-bond donors (Lipinski definition) is 1. The summed E-state index contributed by atoms with van der Waals surface area (Å²) >= 11 is 0. The van der Waals surface area contributed by atoms with Crippen LogP contribution >= 0.6 is 0 Å². The molecule has 5 nitrogen and oxygen atoms in total. The van der Waals surface area contributed by atoms with Crippen molar-refractivity contribution in [1.82, 2.24) is 9.62 Å². The van der Waals surface area contributed by atoms with Crippen molar-refractivity contribution in [2.24, 2.45) is 5.92 Å². The van der Waals surface area contributed by atoms with Crippen LogP contribution in [0.25, 0.3) is 0 Å². The largest absolute Gasteiger partial charge is 0.353 e. The zero-order chi connectivity index (χ0) is 19.4. The van der Waals surface area contributed by atoms with Gasteiger partial charge in [-0.25, -0.2) is 8.42 Å². The lowest BCUT2D eigenvalue weighted by molar-refractivity contribution is -0.123. The number of hydrogen-bond acceptors (Lipinski definition) is 3. The molecule has 2 atom stereocenters. The molecule has 27 heavy (non-hydrogen) atoms. The van der Waals surface area contributed by atoms with Crippen molar-refractivity contribution < 1.29 is 13.2 Å². The Balaban J connectivity index is 1.70. The lowest BCUT2D eigenvalue weighted by atomic mass is 9.95. The number of benzene rings is 1. The number of nitrogens with zero attached hydrogens (tertiary/aromatic N) is 1. The van der Waals surface area contributed by atoms with Crippen LogP contribution in [0, 0.1) is 12.8 Å². The Morgan fingerprint density at radius 1 is 1.15 bits per heavy atom. The Hall–Kier alpha value is -1.40. The van der Waals surface area contributed by atoms with Crippen molar-refractivity contribution in [2.45, 2.75) is 82.2 Å². The van der Waals surface area contributed by atoms with E-state index >= 15 is 0 Å². The van der Waals surface area contributed by atoms with E-state index in [1.807, 2.05) is 19.1 Å². The van der Waals surface area contributed by atoms with E-state index in [4.69, 9.17) is 0 Å². The van der Waals surface area contributed by atoms with Crippen LogP contribution in [-0.4, -0.2) is 37.3 Å². The molecule has 6 heteroatoms. The second-order valence-electron chi connectivity index (χ2n) is 8.04. The fraction of sp³-hybridized carbons (Fsp3) is 0.667. The first-order chi connectivity index (χ1) is 12.9. The fourth-order valence-electron chi connectivity index (χ4n) is 3.96. The molecule has 3 rings (SSSR count). The first-order valence-electron chi connectivity index (χ1n) is 10.3. The molecule has 2 fully saturated rings. The predicted octanol–water partition coefficient (Wildman–Crippen LogP) is 3.62. The third kappa shape index (κ3) is 4.91. The highest BCUT2D eigenvalue weighted by Crippen LogP contribution is 2.39. The Bertz CT molecular complexity index is 739. The number of sulfonamides is 1. The number of carbonyl (C=O) groups excluding carboxylic acids is 1. The van der Waals surface area contributed by atoms with Crippen LogP contribution in [0.3, 0.4) is 0 Å². The van der Waals surface area contributed by atoms with Crippen molar-refractivity contribution in [1.29, 1.82) is 0 Å². The molecule has 0 aromatic heterocycles. The van der Waals surface area contributed by atoms with Gasteiger partial charge in [0.15, 0.2) is 0 Å². The highest BCUT2D eigenvalue weighted by Gasteiger charge is 2.51. The van der Waals surface area contributed by atoms with E-state index in [1.54, 1.807) is 16.4 Å². The molecule has 0 radical (unpaired) electrons. The van der Waals surface area contributed by atoms with Crippen LogP contribution in [0.5, 0.6) is 0 Å². The molecule has 2 aliphatic carbocycles. The SMILES string of the molecule is CCCCN([C@@H]1C[C@H]1C(=O)NC1CCCCC1)S(=O)(=O)c1ccc(C)cc1. The van der Waals surface area contributed by atoms with Gasteiger partial charge in [-0.15, -0.1) is 0 Å². The van der Waals surface area contributed by atoms with Gasteiger partial charge in [-0.1, -0.05) is 50.3 Å². The molecule has 0 saturated heterocycles. The van der Waals surface area contributed by atoms with E-state index in [1.165, 1.54) is 19.3 Å². The summed E-state index contributed by atoms with van der Waals surface area (Å²) in [5, 5.41) is 3.16. The minimum atomic E-state index is -3.57. The first-order valence-corrected chi connectivity index (χ1v) is 11.8. The summed E-state index contributed by atoms with van der Waals surface area (Å²) in [7, 11) is -3.57. The van der Waals surface area contributed by atoms with E-state index < -0.39 is 10.0 Å². The summed E-state index contributed by atoms with van der Waals surface area (Å²) in [6, 6.07) is 7.05. The molecular formula is C21H32N2O3S. The normalized spacial score (nSPS) is 23.4. The number of rotatable bonds is 8. The third-order valence-electron chi connectivity index (χ3n) is 5.77. The molecular weight excluding hydrogens is 360 g/mol. The second-order valence-corrected chi connectivity index (χ2v) is 9.93. The average molecular weight is 393 g/mol. The maximum Gasteiger partial charge on any atom is 0.243 e. The van der Waals surface area contributed by atoms with Gasteiger partial charge in [0.25, 0.3) is 0 Å². The van der Waals surface area contributed by atoms with Gasteiger partial charge in [-0.05, 0) is 44.7 Å². The van der Waals surface area contributed by atoms with E-state index in [0.29, 0.717) is 17.9 Å². The minimum absolute atomic E-state index is 0.0347. The fourth-order valence-corrected chi connectivity index (χ4v) is 5.67. The molecule has 0 bridgehead atoms. The van der Waals surface area contributed by atoms with Gasteiger partial charge >= 0.3 is 0 Å². The first kappa shape index (κ1) is 20.3. The summed E-state index contributed by atoms with van der Waals surface area (Å²) < 4.78 is 27.9. The van der Waals surface area contributed by atoms with Crippen LogP contribution < -0.4 is 5.32 Å². The van der Waals surface area contributed by atoms with Gasteiger partial charge in [-0.2, -0.15) is 4.31 Å². The van der Waals surface area contributed by atoms with Crippen LogP contribution in [-0.2, 0) is 14.8 Å². The average Bonchev–Trinajstić information content (AvgIpc) is 3.43. The molecule has 0 heterocycles. The van der Waals surface area contributed by atoms with E-state index in [2.05, 4.69) is 12.2 Å². The van der Waals surface area contributed by atoms with Crippen molar-refractivity contribution in [3.63, 3.8) is 0 Å². The van der Waals surface area contributed by atoms with Crippen molar-refractivity contribution in [2.75, 3.05) is 6.54 Å². The summed E-state index contributed by atoms with van der Waals surface area (Å²) in [4.78, 5) is 13.0. The minimum Gasteiger partial charge on any atom is -0.353 e. The Kier molecular flexibility index (Phi) is 6.58.